The second-order valence-electron chi connectivity index (χ2n) is 3.82. The average molecular weight is 208 g/mol. The lowest BCUT2D eigenvalue weighted by Crippen LogP contribution is -2.25. The van der Waals surface area contributed by atoms with Crippen LogP contribution >= 0.6 is 0 Å². The predicted octanol–water partition coefficient (Wildman–Crippen LogP) is 1.51. The Morgan fingerprint density at radius 2 is 2.13 bits per heavy atom. The van der Waals surface area contributed by atoms with Gasteiger partial charge in [-0.1, -0.05) is 0 Å². The average Bonchev–Trinajstić information content (AvgIpc) is 2.13. The number of benzene rings is 1. The normalized spacial score (nSPS) is 19.6. The van der Waals surface area contributed by atoms with Crippen molar-refractivity contribution in [3.05, 3.63) is 22.8 Å². The van der Waals surface area contributed by atoms with Crippen LogP contribution in [0.4, 0.5) is 0 Å². The molecule has 15 heavy (non-hydrogen) atoms. The Bertz CT molecular complexity index is 437. The number of phenolic OH excluding ortho intramolecular Hbond substituents is 2. The molecule has 80 valence electrons. The molecule has 0 saturated carbocycles. The van der Waals surface area contributed by atoms with E-state index in [2.05, 4.69) is 0 Å². The Morgan fingerprint density at radius 3 is 2.80 bits per heavy atom. The number of cyclic esters (lactones) is 1. The molecule has 2 rings (SSSR count). The first-order valence-electron chi connectivity index (χ1n) is 4.76. The second kappa shape index (κ2) is 3.15. The van der Waals surface area contributed by atoms with Gasteiger partial charge in [0.15, 0.2) is 0 Å². The largest absolute Gasteiger partial charge is 0.508 e. The van der Waals surface area contributed by atoms with Crippen LogP contribution in [0.3, 0.4) is 0 Å². The fraction of sp³-hybridized carbons (Fsp3) is 0.364. The highest BCUT2D eigenvalue weighted by Crippen LogP contribution is 2.36. The van der Waals surface area contributed by atoms with Crippen molar-refractivity contribution in [1.29, 1.82) is 0 Å². The molecule has 1 atom stereocenters. The van der Waals surface area contributed by atoms with Crippen LogP contribution in [-0.4, -0.2) is 22.3 Å². The van der Waals surface area contributed by atoms with Gasteiger partial charge in [0.2, 0.25) is 0 Å². The summed E-state index contributed by atoms with van der Waals surface area (Å²) in [7, 11) is 0. The number of hydrogen-bond donors (Lipinski definition) is 2. The van der Waals surface area contributed by atoms with Gasteiger partial charge in [-0.3, -0.25) is 0 Å². The van der Waals surface area contributed by atoms with E-state index < -0.39 is 5.97 Å². The molecule has 0 bridgehead atoms. The van der Waals surface area contributed by atoms with Crippen molar-refractivity contribution < 1.29 is 19.7 Å². The molecule has 0 radical (unpaired) electrons. The molecule has 1 aliphatic rings. The summed E-state index contributed by atoms with van der Waals surface area (Å²) in [5.41, 5.74) is 1.13. The molecule has 0 aliphatic carbocycles. The standard InChI is InChI=1S/C11H12O4/c1-5-3-7-4-8(12)6(2)10(13)9(7)11(14)15-5/h4-5,12-13H,3H2,1-2H3/t5-/m1/s1. The maximum absolute atomic E-state index is 11.5. The van der Waals surface area contributed by atoms with Gasteiger partial charge < -0.3 is 14.9 Å². The van der Waals surface area contributed by atoms with Gasteiger partial charge in [0.25, 0.3) is 0 Å². The van der Waals surface area contributed by atoms with Gasteiger partial charge in [0, 0.05) is 12.0 Å². The number of phenols is 2. The number of fused-ring (bicyclic) bond motifs is 1. The molecule has 1 aromatic carbocycles. The molecule has 1 aliphatic heterocycles. The van der Waals surface area contributed by atoms with Gasteiger partial charge in [-0.15, -0.1) is 0 Å². The number of rotatable bonds is 0. The number of carbonyl (C=O) groups excluding carboxylic acids is 1. The Morgan fingerprint density at radius 1 is 1.47 bits per heavy atom. The lowest BCUT2D eigenvalue weighted by Gasteiger charge is -2.23. The fourth-order valence-corrected chi connectivity index (χ4v) is 1.79. The van der Waals surface area contributed by atoms with Crippen LogP contribution in [0, 0.1) is 6.92 Å². The highest BCUT2D eigenvalue weighted by Gasteiger charge is 2.28. The molecule has 0 aromatic heterocycles. The molecular formula is C11H12O4. The smallest absolute Gasteiger partial charge is 0.342 e. The molecular weight excluding hydrogens is 196 g/mol. The van der Waals surface area contributed by atoms with Gasteiger partial charge in [0.05, 0.1) is 0 Å². The third-order valence-electron chi connectivity index (χ3n) is 2.63. The van der Waals surface area contributed by atoms with E-state index in [0.717, 1.165) is 0 Å². The lowest BCUT2D eigenvalue weighted by atomic mass is 9.95. The van der Waals surface area contributed by atoms with Crippen LogP contribution in [0.15, 0.2) is 6.07 Å². The van der Waals surface area contributed by atoms with Gasteiger partial charge >= 0.3 is 5.97 Å². The third kappa shape index (κ3) is 1.42. The summed E-state index contributed by atoms with van der Waals surface area (Å²) in [6.07, 6.45) is 0.300. The molecule has 1 aromatic rings. The molecule has 1 heterocycles. The molecule has 0 saturated heterocycles. The van der Waals surface area contributed by atoms with Gasteiger partial charge in [-0.05, 0) is 25.5 Å². The van der Waals surface area contributed by atoms with Crippen molar-refractivity contribution in [1.82, 2.24) is 0 Å². The monoisotopic (exact) mass is 208 g/mol. The Kier molecular flexibility index (Phi) is 2.07. The summed E-state index contributed by atoms with van der Waals surface area (Å²) >= 11 is 0. The zero-order chi connectivity index (χ0) is 11.2. The number of carbonyl (C=O) groups is 1. The molecule has 4 heteroatoms. The number of ether oxygens (including phenoxy) is 1. The second-order valence-corrected chi connectivity index (χ2v) is 3.82. The minimum absolute atomic E-state index is 0.00755. The molecule has 0 unspecified atom stereocenters. The fourth-order valence-electron chi connectivity index (χ4n) is 1.79. The quantitative estimate of drug-likeness (QED) is 0.634. The zero-order valence-electron chi connectivity index (χ0n) is 8.57. The van der Waals surface area contributed by atoms with Crippen LogP contribution in [0.25, 0.3) is 0 Å². The summed E-state index contributed by atoms with van der Waals surface area (Å²) < 4.78 is 5.01. The maximum Gasteiger partial charge on any atom is 0.342 e. The summed E-state index contributed by atoms with van der Waals surface area (Å²) in [5, 5.41) is 19.2. The minimum Gasteiger partial charge on any atom is -0.508 e. The Balaban J connectivity index is 2.66. The van der Waals surface area contributed by atoms with Gasteiger partial charge in [-0.25, -0.2) is 4.79 Å². The van der Waals surface area contributed by atoms with Crippen LogP contribution in [0.5, 0.6) is 11.5 Å². The molecule has 0 fully saturated rings. The van der Waals surface area contributed by atoms with Crippen molar-refractivity contribution >= 4 is 5.97 Å². The van der Waals surface area contributed by atoms with Crippen LogP contribution in [0.1, 0.15) is 28.4 Å². The summed E-state index contributed by atoms with van der Waals surface area (Å²) in [6, 6.07) is 1.52. The highest BCUT2D eigenvalue weighted by atomic mass is 16.5. The van der Waals surface area contributed by atoms with E-state index in [0.29, 0.717) is 17.5 Å². The Labute approximate surface area is 87.1 Å². The lowest BCUT2D eigenvalue weighted by molar-refractivity contribution is 0.0296. The minimum atomic E-state index is -0.524. The zero-order valence-corrected chi connectivity index (χ0v) is 8.57. The van der Waals surface area contributed by atoms with E-state index in [-0.39, 0.29) is 23.2 Å². The van der Waals surface area contributed by atoms with E-state index in [1.54, 1.807) is 13.8 Å². The SMILES string of the molecule is Cc1c(O)cc2c(c1O)C(=O)O[C@H](C)C2. The van der Waals surface area contributed by atoms with Crippen LogP contribution in [-0.2, 0) is 11.2 Å². The van der Waals surface area contributed by atoms with Crippen molar-refractivity contribution in [3.63, 3.8) is 0 Å². The van der Waals surface area contributed by atoms with Crippen molar-refractivity contribution in [2.24, 2.45) is 0 Å². The highest BCUT2D eigenvalue weighted by molar-refractivity contribution is 5.96. The molecule has 2 N–H and O–H groups in total. The summed E-state index contributed by atoms with van der Waals surface area (Å²) in [5.74, 6) is -0.695. The van der Waals surface area contributed by atoms with E-state index in [1.165, 1.54) is 6.07 Å². The summed E-state index contributed by atoms with van der Waals surface area (Å²) in [6.45, 7) is 3.32. The Hall–Kier alpha value is -1.71. The molecule has 4 nitrogen and oxygen atoms in total. The first-order valence-corrected chi connectivity index (χ1v) is 4.76. The van der Waals surface area contributed by atoms with Gasteiger partial charge in [0.1, 0.15) is 23.2 Å². The van der Waals surface area contributed by atoms with Crippen LogP contribution in [0.2, 0.25) is 0 Å². The topological polar surface area (TPSA) is 66.8 Å². The number of esters is 1. The molecule has 0 amide bonds. The first-order chi connectivity index (χ1) is 7.00. The summed E-state index contributed by atoms with van der Waals surface area (Å²) in [4.78, 5) is 11.5. The predicted molar refractivity (Wildman–Crippen MR) is 53.1 cm³/mol. The maximum atomic E-state index is 11.5. The van der Waals surface area contributed by atoms with E-state index >= 15 is 0 Å². The van der Waals surface area contributed by atoms with Crippen LogP contribution < -0.4 is 0 Å². The molecule has 0 spiro atoms. The number of hydrogen-bond acceptors (Lipinski definition) is 4. The first kappa shape index (κ1) is 9.83. The van der Waals surface area contributed by atoms with E-state index in [9.17, 15) is 15.0 Å². The van der Waals surface area contributed by atoms with Crippen molar-refractivity contribution in [2.45, 2.75) is 26.4 Å². The number of aromatic hydroxyl groups is 2. The van der Waals surface area contributed by atoms with E-state index in [4.69, 9.17) is 4.74 Å². The third-order valence-corrected chi connectivity index (χ3v) is 2.63. The van der Waals surface area contributed by atoms with E-state index in [1.807, 2.05) is 0 Å². The van der Waals surface area contributed by atoms with Crippen molar-refractivity contribution in [3.8, 4) is 11.5 Å². The van der Waals surface area contributed by atoms with Crippen molar-refractivity contribution in [2.75, 3.05) is 0 Å². The van der Waals surface area contributed by atoms with Gasteiger partial charge in [-0.2, -0.15) is 0 Å².